The number of sulfonamides is 1. The summed E-state index contributed by atoms with van der Waals surface area (Å²) < 4.78 is 60.6. The highest BCUT2D eigenvalue weighted by Crippen LogP contribution is 2.29. The van der Waals surface area contributed by atoms with E-state index >= 15 is 0 Å². The second kappa shape index (κ2) is 5.95. The lowest BCUT2D eigenvalue weighted by atomic mass is 10.5. The SMILES string of the molecule is O=S(=O)(NCCSC(F)(F)F)c1c[nH]c(CO)c1. The van der Waals surface area contributed by atoms with Crippen LogP contribution in [0, 0.1) is 0 Å². The van der Waals surface area contributed by atoms with Crippen LogP contribution in [0.4, 0.5) is 13.2 Å². The van der Waals surface area contributed by atoms with Crippen molar-refractivity contribution < 1.29 is 26.7 Å². The molecule has 104 valence electrons. The largest absolute Gasteiger partial charge is 0.441 e. The van der Waals surface area contributed by atoms with E-state index in [2.05, 4.69) is 4.98 Å². The molecule has 18 heavy (non-hydrogen) atoms. The summed E-state index contributed by atoms with van der Waals surface area (Å²) in [5.74, 6) is -0.403. The number of halogens is 3. The van der Waals surface area contributed by atoms with Crippen LogP contribution in [0.15, 0.2) is 17.2 Å². The predicted molar refractivity (Wildman–Crippen MR) is 60.4 cm³/mol. The maximum absolute atomic E-state index is 11.8. The first kappa shape index (κ1) is 15.3. The highest BCUT2D eigenvalue weighted by molar-refractivity contribution is 8.00. The van der Waals surface area contributed by atoms with Gasteiger partial charge in [0.2, 0.25) is 10.0 Å². The quantitative estimate of drug-likeness (QED) is 0.686. The highest BCUT2D eigenvalue weighted by atomic mass is 32.2. The molecule has 0 bridgehead atoms. The first-order valence-electron chi connectivity index (χ1n) is 4.73. The molecule has 0 aliphatic rings. The fourth-order valence-electron chi connectivity index (χ4n) is 1.09. The van der Waals surface area contributed by atoms with Crippen molar-refractivity contribution in [2.45, 2.75) is 17.0 Å². The number of aliphatic hydroxyl groups is 1. The smallest absolute Gasteiger partial charge is 0.390 e. The van der Waals surface area contributed by atoms with Gasteiger partial charge in [0.1, 0.15) is 0 Å². The number of hydrogen-bond donors (Lipinski definition) is 3. The summed E-state index contributed by atoms with van der Waals surface area (Å²) >= 11 is -0.296. The predicted octanol–water partition coefficient (Wildman–Crippen LogP) is 1.04. The Labute approximate surface area is 106 Å². The van der Waals surface area contributed by atoms with E-state index in [1.54, 1.807) is 0 Å². The van der Waals surface area contributed by atoms with Crippen molar-refractivity contribution in [1.29, 1.82) is 0 Å². The van der Waals surface area contributed by atoms with Gasteiger partial charge in [0, 0.05) is 24.2 Å². The normalized spacial score (nSPS) is 12.9. The minimum Gasteiger partial charge on any atom is -0.390 e. The van der Waals surface area contributed by atoms with Crippen molar-refractivity contribution in [2.24, 2.45) is 0 Å². The Morgan fingerprint density at radius 3 is 2.61 bits per heavy atom. The van der Waals surface area contributed by atoms with E-state index in [-0.39, 0.29) is 29.8 Å². The van der Waals surface area contributed by atoms with Crippen LogP contribution in [0.3, 0.4) is 0 Å². The Bertz CT molecular complexity index is 484. The van der Waals surface area contributed by atoms with Crippen molar-refractivity contribution in [3.05, 3.63) is 18.0 Å². The second-order valence-corrected chi connectivity index (χ2v) is 6.14. The summed E-state index contributed by atoms with van der Waals surface area (Å²) in [7, 11) is -3.84. The Kier molecular flexibility index (Phi) is 5.08. The van der Waals surface area contributed by atoms with E-state index in [4.69, 9.17) is 5.11 Å². The van der Waals surface area contributed by atoms with Crippen LogP contribution in [0.2, 0.25) is 0 Å². The molecule has 1 rings (SSSR count). The van der Waals surface area contributed by atoms with Crippen molar-refractivity contribution in [1.82, 2.24) is 9.71 Å². The van der Waals surface area contributed by atoms with Crippen LogP contribution < -0.4 is 4.72 Å². The molecule has 0 amide bonds. The maximum Gasteiger partial charge on any atom is 0.441 e. The van der Waals surface area contributed by atoms with Gasteiger partial charge < -0.3 is 10.1 Å². The highest BCUT2D eigenvalue weighted by Gasteiger charge is 2.27. The first-order valence-corrected chi connectivity index (χ1v) is 7.20. The molecule has 1 aromatic heterocycles. The summed E-state index contributed by atoms with van der Waals surface area (Å²) in [6.45, 7) is -0.675. The van der Waals surface area contributed by atoms with Gasteiger partial charge in [-0.25, -0.2) is 13.1 Å². The minimum absolute atomic E-state index is 0.122. The van der Waals surface area contributed by atoms with Gasteiger partial charge in [0.05, 0.1) is 11.5 Å². The molecule has 1 aromatic rings. The lowest BCUT2D eigenvalue weighted by Crippen LogP contribution is -2.26. The maximum atomic E-state index is 11.8. The fraction of sp³-hybridized carbons (Fsp3) is 0.500. The topological polar surface area (TPSA) is 82.2 Å². The van der Waals surface area contributed by atoms with Crippen LogP contribution in [-0.4, -0.2) is 36.3 Å². The summed E-state index contributed by atoms with van der Waals surface area (Å²) in [6, 6.07) is 1.21. The van der Waals surface area contributed by atoms with Crippen LogP contribution in [0.5, 0.6) is 0 Å². The molecular formula is C8H11F3N2O3S2. The van der Waals surface area contributed by atoms with Crippen molar-refractivity contribution in [3.63, 3.8) is 0 Å². The van der Waals surface area contributed by atoms with E-state index in [1.165, 1.54) is 6.07 Å². The Balaban J connectivity index is 2.50. The lowest BCUT2D eigenvalue weighted by Gasteiger charge is -2.06. The Morgan fingerprint density at radius 1 is 1.44 bits per heavy atom. The molecule has 0 aliphatic carbocycles. The number of aromatic amines is 1. The van der Waals surface area contributed by atoms with Gasteiger partial charge in [-0.3, -0.25) is 0 Å². The molecule has 0 aliphatic heterocycles. The molecular weight excluding hydrogens is 293 g/mol. The zero-order chi connectivity index (χ0) is 13.8. The third kappa shape index (κ3) is 4.88. The molecule has 1 heterocycles. The summed E-state index contributed by atoms with van der Waals surface area (Å²) in [4.78, 5) is 2.40. The number of rotatable bonds is 6. The van der Waals surface area contributed by atoms with Crippen LogP contribution in [0.25, 0.3) is 0 Å². The number of H-pyrrole nitrogens is 1. The fourth-order valence-corrected chi connectivity index (χ4v) is 2.71. The first-order chi connectivity index (χ1) is 8.24. The van der Waals surface area contributed by atoms with Gasteiger partial charge in [0.25, 0.3) is 0 Å². The average Bonchev–Trinajstić information content (AvgIpc) is 2.72. The molecule has 0 radical (unpaired) electrons. The average molecular weight is 304 g/mol. The second-order valence-electron chi connectivity index (χ2n) is 3.21. The summed E-state index contributed by atoms with van der Waals surface area (Å²) in [5, 5.41) is 8.75. The molecule has 0 saturated heterocycles. The van der Waals surface area contributed by atoms with E-state index in [9.17, 15) is 21.6 Å². The van der Waals surface area contributed by atoms with Crippen LogP contribution in [0.1, 0.15) is 5.69 Å². The van der Waals surface area contributed by atoms with Gasteiger partial charge in [0.15, 0.2) is 0 Å². The number of hydrogen-bond acceptors (Lipinski definition) is 4. The van der Waals surface area contributed by atoms with Gasteiger partial charge in [-0.1, -0.05) is 0 Å². The molecule has 10 heteroatoms. The molecule has 0 aromatic carbocycles. The third-order valence-corrected chi connectivity index (χ3v) is 4.03. The van der Waals surface area contributed by atoms with E-state index < -0.39 is 21.3 Å². The van der Waals surface area contributed by atoms with Crippen molar-refractivity contribution in [2.75, 3.05) is 12.3 Å². The summed E-state index contributed by atoms with van der Waals surface area (Å²) in [6.07, 6.45) is 1.16. The molecule has 0 saturated carbocycles. The number of aromatic nitrogens is 1. The van der Waals surface area contributed by atoms with Crippen LogP contribution >= 0.6 is 11.8 Å². The lowest BCUT2D eigenvalue weighted by molar-refractivity contribution is -0.0327. The Hall–Kier alpha value is -0.710. The standard InChI is InChI=1S/C8H11F3N2O3S2/c9-8(10,11)17-2-1-13-18(15,16)7-3-6(5-14)12-4-7/h3-4,12-14H,1-2,5H2. The van der Waals surface area contributed by atoms with Gasteiger partial charge in [-0.2, -0.15) is 13.2 Å². The Morgan fingerprint density at radius 2 is 2.11 bits per heavy atom. The molecule has 0 atom stereocenters. The van der Waals surface area contributed by atoms with Crippen LogP contribution in [-0.2, 0) is 16.6 Å². The molecule has 0 unspecified atom stereocenters. The molecule has 3 N–H and O–H groups in total. The van der Waals surface area contributed by atoms with E-state index in [1.807, 2.05) is 4.72 Å². The summed E-state index contributed by atoms with van der Waals surface area (Å²) in [5.41, 5.74) is -4.07. The molecule has 5 nitrogen and oxygen atoms in total. The van der Waals surface area contributed by atoms with Crippen molar-refractivity contribution >= 4 is 21.8 Å². The third-order valence-electron chi connectivity index (χ3n) is 1.86. The van der Waals surface area contributed by atoms with Gasteiger partial charge >= 0.3 is 5.51 Å². The number of nitrogens with one attached hydrogen (secondary N) is 2. The minimum atomic E-state index is -4.37. The van der Waals surface area contributed by atoms with E-state index in [0.29, 0.717) is 5.69 Å². The molecule has 0 spiro atoms. The number of alkyl halides is 3. The number of aliphatic hydroxyl groups excluding tert-OH is 1. The van der Waals surface area contributed by atoms with Gasteiger partial charge in [-0.15, -0.1) is 0 Å². The molecule has 0 fully saturated rings. The number of thioether (sulfide) groups is 1. The monoisotopic (exact) mass is 304 g/mol. The zero-order valence-corrected chi connectivity index (χ0v) is 10.6. The van der Waals surface area contributed by atoms with E-state index in [0.717, 1.165) is 6.20 Å². The van der Waals surface area contributed by atoms with Crippen molar-refractivity contribution in [3.8, 4) is 0 Å². The van der Waals surface area contributed by atoms with Gasteiger partial charge in [-0.05, 0) is 17.8 Å². The zero-order valence-electron chi connectivity index (χ0n) is 8.99.